The molecule has 6 nitrogen and oxygen atoms in total. The smallest absolute Gasteiger partial charge is 0.234 e. The first-order chi connectivity index (χ1) is 14.1. The fourth-order valence-corrected chi connectivity index (χ4v) is 5.82. The molecule has 1 N–H and O–H groups in total. The van der Waals surface area contributed by atoms with E-state index >= 15 is 0 Å². The summed E-state index contributed by atoms with van der Waals surface area (Å²) in [6, 6.07) is 5.32. The molecule has 2 aromatic heterocycles. The molecule has 0 bridgehead atoms. The lowest BCUT2D eigenvalue weighted by atomic mass is 9.97. The number of rotatable bonds is 6. The number of carbonyl (C=O) groups excluding carboxylic acids is 1. The van der Waals surface area contributed by atoms with Crippen molar-refractivity contribution in [1.29, 1.82) is 0 Å². The molecule has 0 radical (unpaired) electrons. The van der Waals surface area contributed by atoms with Gasteiger partial charge in [-0.05, 0) is 50.3 Å². The highest BCUT2D eigenvalue weighted by molar-refractivity contribution is 8.00. The zero-order valence-electron chi connectivity index (χ0n) is 16.7. The Kier molecular flexibility index (Phi) is 5.91. The van der Waals surface area contributed by atoms with E-state index in [2.05, 4.69) is 15.3 Å². The zero-order chi connectivity index (χ0) is 20.4. The summed E-state index contributed by atoms with van der Waals surface area (Å²) in [5, 5.41) is 4.98. The van der Waals surface area contributed by atoms with E-state index in [0.29, 0.717) is 17.2 Å². The number of thioether (sulfide) groups is 1. The fraction of sp³-hybridized carbons (Fsp3) is 0.381. The van der Waals surface area contributed by atoms with Gasteiger partial charge in [0.05, 0.1) is 25.7 Å². The number of amides is 1. The lowest BCUT2D eigenvalue weighted by Gasteiger charge is -2.13. The van der Waals surface area contributed by atoms with E-state index in [0.717, 1.165) is 33.9 Å². The van der Waals surface area contributed by atoms with E-state index < -0.39 is 0 Å². The van der Waals surface area contributed by atoms with Gasteiger partial charge in [-0.15, -0.1) is 11.3 Å². The lowest BCUT2D eigenvalue weighted by molar-refractivity contribution is -0.113. The topological polar surface area (TPSA) is 73.3 Å². The number of hydrogen-bond acceptors (Lipinski definition) is 7. The molecule has 0 saturated heterocycles. The molecule has 0 atom stereocenters. The van der Waals surface area contributed by atoms with Crippen LogP contribution in [-0.2, 0) is 17.6 Å². The van der Waals surface area contributed by atoms with Crippen molar-refractivity contribution in [1.82, 2.24) is 9.97 Å². The summed E-state index contributed by atoms with van der Waals surface area (Å²) in [6.45, 7) is 1.91. The second kappa shape index (κ2) is 8.59. The van der Waals surface area contributed by atoms with Crippen LogP contribution in [0.4, 0.5) is 5.69 Å². The molecular weight excluding hydrogens is 406 g/mol. The Bertz CT molecular complexity index is 1060. The van der Waals surface area contributed by atoms with Crippen molar-refractivity contribution in [3.05, 3.63) is 34.5 Å². The number of methoxy groups -OCH3 is 2. The monoisotopic (exact) mass is 429 g/mol. The number of hydrogen-bond donors (Lipinski definition) is 1. The summed E-state index contributed by atoms with van der Waals surface area (Å²) >= 11 is 3.25. The number of aryl methyl sites for hydroxylation is 3. The van der Waals surface area contributed by atoms with Crippen molar-refractivity contribution < 1.29 is 14.3 Å². The van der Waals surface area contributed by atoms with Crippen LogP contribution in [0.5, 0.6) is 11.5 Å². The Balaban J connectivity index is 1.53. The molecule has 0 saturated carbocycles. The fourth-order valence-electron chi connectivity index (χ4n) is 3.55. The molecule has 0 unspecified atom stereocenters. The third kappa shape index (κ3) is 4.18. The number of fused-ring (bicyclic) bond motifs is 3. The average molecular weight is 430 g/mol. The van der Waals surface area contributed by atoms with Crippen molar-refractivity contribution in [2.75, 3.05) is 25.3 Å². The summed E-state index contributed by atoms with van der Waals surface area (Å²) in [4.78, 5) is 24.4. The molecule has 152 valence electrons. The molecule has 1 aliphatic carbocycles. The van der Waals surface area contributed by atoms with Crippen LogP contribution >= 0.6 is 23.1 Å². The normalized spacial score (nSPS) is 13.2. The maximum absolute atomic E-state index is 12.6. The van der Waals surface area contributed by atoms with E-state index in [-0.39, 0.29) is 11.7 Å². The molecule has 1 aliphatic rings. The highest BCUT2D eigenvalue weighted by atomic mass is 32.2. The number of aromatic nitrogens is 2. The van der Waals surface area contributed by atoms with E-state index in [9.17, 15) is 4.79 Å². The van der Waals surface area contributed by atoms with E-state index in [1.807, 2.05) is 6.92 Å². The number of nitrogens with one attached hydrogen (secondary N) is 1. The molecule has 0 spiro atoms. The molecule has 29 heavy (non-hydrogen) atoms. The number of anilines is 1. The Morgan fingerprint density at radius 3 is 2.83 bits per heavy atom. The first-order valence-corrected chi connectivity index (χ1v) is 11.3. The minimum Gasteiger partial charge on any atom is -0.497 e. The summed E-state index contributed by atoms with van der Waals surface area (Å²) in [5.41, 5.74) is 2.01. The van der Waals surface area contributed by atoms with Crippen molar-refractivity contribution in [3.63, 3.8) is 0 Å². The number of carbonyl (C=O) groups is 1. The summed E-state index contributed by atoms with van der Waals surface area (Å²) in [6.07, 6.45) is 4.64. The van der Waals surface area contributed by atoms with Gasteiger partial charge in [-0.25, -0.2) is 9.97 Å². The van der Waals surface area contributed by atoms with Gasteiger partial charge < -0.3 is 14.8 Å². The number of ether oxygens (including phenoxy) is 2. The van der Waals surface area contributed by atoms with Crippen LogP contribution < -0.4 is 14.8 Å². The van der Waals surface area contributed by atoms with Gasteiger partial charge in [0.1, 0.15) is 27.2 Å². The average Bonchev–Trinajstić information content (AvgIpc) is 3.10. The van der Waals surface area contributed by atoms with Gasteiger partial charge in [0, 0.05) is 16.3 Å². The van der Waals surface area contributed by atoms with Crippen LogP contribution in [0.15, 0.2) is 23.2 Å². The van der Waals surface area contributed by atoms with E-state index in [4.69, 9.17) is 9.47 Å². The highest BCUT2D eigenvalue weighted by Crippen LogP contribution is 2.39. The Morgan fingerprint density at radius 2 is 2.03 bits per heavy atom. The van der Waals surface area contributed by atoms with Gasteiger partial charge in [-0.1, -0.05) is 11.8 Å². The molecule has 1 aromatic carbocycles. The van der Waals surface area contributed by atoms with Crippen molar-refractivity contribution in [2.24, 2.45) is 0 Å². The van der Waals surface area contributed by atoms with Crippen LogP contribution in [0.1, 0.15) is 29.1 Å². The summed E-state index contributed by atoms with van der Waals surface area (Å²) < 4.78 is 10.6. The molecule has 8 heteroatoms. The standard InChI is InChI=1S/C21H23N3O3S2/c1-12-22-20(19-14-6-4-5-7-17(14)29-21(19)23-12)28-11-18(25)24-15-9-8-13(26-2)10-16(15)27-3/h8-10H,4-7,11H2,1-3H3,(H,24,25). The van der Waals surface area contributed by atoms with Gasteiger partial charge in [-0.3, -0.25) is 4.79 Å². The van der Waals surface area contributed by atoms with Crippen LogP contribution in [0.2, 0.25) is 0 Å². The molecule has 3 aromatic rings. The van der Waals surface area contributed by atoms with Crippen LogP contribution in [0, 0.1) is 6.92 Å². The van der Waals surface area contributed by atoms with Crippen LogP contribution in [-0.4, -0.2) is 35.8 Å². The highest BCUT2D eigenvalue weighted by Gasteiger charge is 2.21. The second-order valence-electron chi connectivity index (χ2n) is 6.87. The van der Waals surface area contributed by atoms with Gasteiger partial charge in [0.2, 0.25) is 5.91 Å². The predicted octanol–water partition coefficient (Wildman–Crippen LogP) is 4.63. The van der Waals surface area contributed by atoms with Crippen molar-refractivity contribution in [2.45, 2.75) is 37.6 Å². The first-order valence-electron chi connectivity index (χ1n) is 9.52. The third-order valence-electron chi connectivity index (χ3n) is 4.92. The lowest BCUT2D eigenvalue weighted by Crippen LogP contribution is -2.15. The first kappa shape index (κ1) is 20.0. The molecule has 4 rings (SSSR count). The quantitative estimate of drug-likeness (QED) is 0.455. The Labute approximate surface area is 178 Å². The number of nitrogens with zero attached hydrogens (tertiary/aromatic N) is 2. The summed E-state index contributed by atoms with van der Waals surface area (Å²) in [5.74, 6) is 2.15. The molecule has 0 aliphatic heterocycles. The minimum atomic E-state index is -0.105. The largest absolute Gasteiger partial charge is 0.497 e. The van der Waals surface area contributed by atoms with Crippen LogP contribution in [0.3, 0.4) is 0 Å². The van der Waals surface area contributed by atoms with Crippen molar-refractivity contribution >= 4 is 44.9 Å². The molecule has 2 heterocycles. The molecule has 0 fully saturated rings. The molecule has 1 amide bonds. The van der Waals surface area contributed by atoms with Crippen molar-refractivity contribution in [3.8, 4) is 11.5 Å². The van der Waals surface area contributed by atoms with Gasteiger partial charge >= 0.3 is 0 Å². The van der Waals surface area contributed by atoms with E-state index in [1.54, 1.807) is 43.8 Å². The SMILES string of the molecule is COc1ccc(NC(=O)CSc2nc(C)nc3sc4c(c23)CCCC4)c(OC)c1. The maximum atomic E-state index is 12.6. The second-order valence-corrected chi connectivity index (χ2v) is 8.92. The number of thiophene rings is 1. The van der Waals surface area contributed by atoms with E-state index in [1.165, 1.54) is 35.0 Å². The minimum absolute atomic E-state index is 0.105. The Hall–Kier alpha value is -2.32. The Morgan fingerprint density at radius 1 is 1.21 bits per heavy atom. The van der Waals surface area contributed by atoms with Gasteiger partial charge in [0.15, 0.2) is 0 Å². The molecular formula is C21H23N3O3S2. The number of benzene rings is 1. The van der Waals surface area contributed by atoms with Gasteiger partial charge in [0.25, 0.3) is 0 Å². The van der Waals surface area contributed by atoms with Crippen LogP contribution in [0.25, 0.3) is 10.2 Å². The summed E-state index contributed by atoms with van der Waals surface area (Å²) in [7, 11) is 3.16. The maximum Gasteiger partial charge on any atom is 0.234 e. The third-order valence-corrected chi connectivity index (χ3v) is 7.08. The van der Waals surface area contributed by atoms with Gasteiger partial charge in [-0.2, -0.15) is 0 Å². The predicted molar refractivity (Wildman–Crippen MR) is 118 cm³/mol. The zero-order valence-corrected chi connectivity index (χ0v) is 18.3.